The summed E-state index contributed by atoms with van der Waals surface area (Å²) >= 11 is -1.25. The molecule has 0 aliphatic carbocycles. The van der Waals surface area contributed by atoms with Crippen molar-refractivity contribution in [2.45, 2.75) is 26.8 Å². The summed E-state index contributed by atoms with van der Waals surface area (Å²) in [4.78, 5) is 19.4. The van der Waals surface area contributed by atoms with Crippen molar-refractivity contribution in [3.05, 3.63) is 82.0 Å². The molecule has 7 heteroatoms. The first kappa shape index (κ1) is 20.3. The monoisotopic (exact) mass is 420 g/mol. The Labute approximate surface area is 178 Å². The van der Waals surface area contributed by atoms with Gasteiger partial charge in [-0.15, -0.1) is 0 Å². The molecule has 154 valence electrons. The van der Waals surface area contributed by atoms with Crippen LogP contribution < -0.4 is 10.3 Å². The van der Waals surface area contributed by atoms with Crippen LogP contribution in [0.4, 0.5) is 5.69 Å². The Kier molecular flexibility index (Phi) is 5.40. The average molecular weight is 421 g/mol. The zero-order valence-electron chi connectivity index (χ0n) is 17.4. The van der Waals surface area contributed by atoms with E-state index in [2.05, 4.69) is 39.4 Å². The molecule has 0 spiro atoms. The van der Waals surface area contributed by atoms with E-state index >= 15 is 0 Å². The van der Waals surface area contributed by atoms with E-state index in [1.54, 1.807) is 19.4 Å². The molecule has 4 rings (SSSR count). The van der Waals surface area contributed by atoms with E-state index in [0.29, 0.717) is 11.3 Å². The van der Waals surface area contributed by atoms with E-state index < -0.39 is 11.4 Å². The van der Waals surface area contributed by atoms with Crippen molar-refractivity contribution in [1.82, 2.24) is 14.5 Å². The average Bonchev–Trinajstić information content (AvgIpc) is 3.06. The molecule has 2 aromatic carbocycles. The molecule has 4 aromatic rings. The van der Waals surface area contributed by atoms with Gasteiger partial charge in [0.25, 0.3) is 5.56 Å². The van der Waals surface area contributed by atoms with Crippen LogP contribution in [0, 0.1) is 13.8 Å². The van der Waals surface area contributed by atoms with Crippen molar-refractivity contribution in [2.24, 2.45) is 0 Å². The topological polar surface area (TPSA) is 85.8 Å². The largest absolute Gasteiger partial charge is 0.593 e. The molecule has 0 aliphatic rings. The Morgan fingerprint density at radius 2 is 1.87 bits per heavy atom. The predicted octanol–water partition coefficient (Wildman–Crippen LogP) is 4.32. The van der Waals surface area contributed by atoms with Crippen LogP contribution in [0.1, 0.15) is 29.9 Å². The molecule has 30 heavy (non-hydrogen) atoms. The van der Waals surface area contributed by atoms with E-state index in [1.807, 2.05) is 37.3 Å². The molecular formula is C23H24N4O2S. The third-order valence-electron chi connectivity index (χ3n) is 5.32. The second kappa shape index (κ2) is 8.01. The van der Waals surface area contributed by atoms with Crippen molar-refractivity contribution in [1.29, 1.82) is 0 Å². The lowest BCUT2D eigenvalue weighted by Gasteiger charge is -2.18. The number of hydrogen-bond donors (Lipinski definition) is 2. The summed E-state index contributed by atoms with van der Waals surface area (Å²) in [6.45, 7) is 5.91. The molecule has 0 saturated carbocycles. The standard InChI is InChI=1S/C23H24N4O2S/c1-14-10-19(13-24-23(14)28)18-11-20(26-30(4)29)22-21(12-18)27(16(3)25-22)15(2)17-8-6-5-7-9-17/h5-13,15,26H,1-4H3,(H,24,28)/t15?,30-/m0/s1. The van der Waals surface area contributed by atoms with Crippen molar-refractivity contribution < 1.29 is 4.55 Å². The third kappa shape index (κ3) is 3.74. The number of H-pyrrole nitrogens is 1. The number of benzene rings is 2. The molecular weight excluding hydrogens is 396 g/mol. The van der Waals surface area contributed by atoms with Crippen molar-refractivity contribution in [3.8, 4) is 11.1 Å². The van der Waals surface area contributed by atoms with E-state index in [4.69, 9.17) is 4.98 Å². The van der Waals surface area contributed by atoms with E-state index in [1.165, 1.54) is 5.56 Å². The molecule has 2 aromatic heterocycles. The number of aryl methyl sites for hydroxylation is 2. The molecule has 1 unspecified atom stereocenters. The highest BCUT2D eigenvalue weighted by atomic mass is 32.2. The summed E-state index contributed by atoms with van der Waals surface area (Å²) < 4.78 is 17.2. The van der Waals surface area contributed by atoms with Crippen LogP contribution in [0.15, 0.2) is 59.5 Å². The van der Waals surface area contributed by atoms with Crippen LogP contribution in [0.3, 0.4) is 0 Å². The molecule has 0 bridgehead atoms. The van der Waals surface area contributed by atoms with Gasteiger partial charge in [-0.25, -0.2) is 9.71 Å². The molecule has 0 fully saturated rings. The molecule has 6 nitrogen and oxygen atoms in total. The van der Waals surface area contributed by atoms with Gasteiger partial charge in [0, 0.05) is 11.8 Å². The van der Waals surface area contributed by atoms with Gasteiger partial charge < -0.3 is 14.1 Å². The number of nitrogens with zero attached hydrogens (tertiary/aromatic N) is 2. The minimum absolute atomic E-state index is 0.0729. The number of imidazole rings is 1. The fraction of sp³-hybridized carbons (Fsp3) is 0.217. The number of nitrogens with one attached hydrogen (secondary N) is 2. The maximum atomic E-state index is 12.0. The highest BCUT2D eigenvalue weighted by Gasteiger charge is 2.20. The molecule has 2 heterocycles. The summed E-state index contributed by atoms with van der Waals surface area (Å²) in [6, 6.07) is 16.2. The highest BCUT2D eigenvalue weighted by molar-refractivity contribution is 7.92. The van der Waals surface area contributed by atoms with Crippen LogP contribution in [0.25, 0.3) is 22.2 Å². The number of aromatic nitrogens is 3. The summed E-state index contributed by atoms with van der Waals surface area (Å²) in [5, 5.41) is 0. The van der Waals surface area contributed by atoms with Gasteiger partial charge in [0.1, 0.15) is 23.3 Å². The van der Waals surface area contributed by atoms with Crippen LogP contribution in [0.5, 0.6) is 0 Å². The van der Waals surface area contributed by atoms with Crippen molar-refractivity contribution in [3.63, 3.8) is 0 Å². The van der Waals surface area contributed by atoms with Crippen LogP contribution in [-0.2, 0) is 11.4 Å². The van der Waals surface area contributed by atoms with Crippen LogP contribution in [-0.4, -0.2) is 25.3 Å². The van der Waals surface area contributed by atoms with E-state index in [-0.39, 0.29) is 11.6 Å². The van der Waals surface area contributed by atoms with Gasteiger partial charge in [0.15, 0.2) is 0 Å². The smallest absolute Gasteiger partial charge is 0.250 e. The van der Waals surface area contributed by atoms with Gasteiger partial charge in [0.05, 0.1) is 22.9 Å². The Bertz CT molecular complexity index is 1260. The Hall–Kier alpha value is -3.03. The molecule has 0 amide bonds. The van der Waals surface area contributed by atoms with Gasteiger partial charge in [-0.3, -0.25) is 4.79 Å². The minimum atomic E-state index is -1.25. The van der Waals surface area contributed by atoms with Crippen LogP contribution in [0.2, 0.25) is 0 Å². The SMILES string of the molecule is Cc1cc(-c2cc(N[S@+](C)[O-])c3nc(C)n(C(C)c4ccccc4)c3c2)c[nH]c1=O. The summed E-state index contributed by atoms with van der Waals surface area (Å²) in [7, 11) is 0. The fourth-order valence-electron chi connectivity index (χ4n) is 3.84. The Morgan fingerprint density at radius 3 is 2.53 bits per heavy atom. The zero-order chi connectivity index (χ0) is 21.4. The highest BCUT2D eigenvalue weighted by Crippen LogP contribution is 2.34. The van der Waals surface area contributed by atoms with Gasteiger partial charge in [-0.1, -0.05) is 30.3 Å². The minimum Gasteiger partial charge on any atom is -0.593 e. The second-order valence-electron chi connectivity index (χ2n) is 7.46. The molecule has 2 N–H and O–H groups in total. The van der Waals surface area contributed by atoms with Gasteiger partial charge >= 0.3 is 0 Å². The summed E-state index contributed by atoms with van der Waals surface area (Å²) in [6.07, 6.45) is 3.30. The number of rotatable bonds is 5. The van der Waals surface area contributed by atoms with Crippen molar-refractivity contribution in [2.75, 3.05) is 11.0 Å². The lowest BCUT2D eigenvalue weighted by atomic mass is 10.0. The summed E-state index contributed by atoms with van der Waals surface area (Å²) in [5.41, 5.74) is 5.93. The van der Waals surface area contributed by atoms with Crippen LogP contribution >= 0.6 is 0 Å². The van der Waals surface area contributed by atoms with Gasteiger partial charge in [-0.2, -0.15) is 0 Å². The van der Waals surface area contributed by atoms with E-state index in [0.717, 1.165) is 28.0 Å². The van der Waals surface area contributed by atoms with Gasteiger partial charge in [0.2, 0.25) is 0 Å². The number of hydrogen-bond acceptors (Lipinski definition) is 4. The fourth-order valence-corrected chi connectivity index (χ4v) is 4.31. The second-order valence-corrected chi connectivity index (χ2v) is 8.58. The maximum absolute atomic E-state index is 12.0. The van der Waals surface area contributed by atoms with E-state index in [9.17, 15) is 9.35 Å². The van der Waals surface area contributed by atoms with Gasteiger partial charge in [-0.05, 0) is 55.7 Å². The summed E-state index contributed by atoms with van der Waals surface area (Å²) in [5.74, 6) is 0.876. The first-order chi connectivity index (χ1) is 14.3. The number of fused-ring (bicyclic) bond motifs is 1. The quantitative estimate of drug-likeness (QED) is 0.471. The third-order valence-corrected chi connectivity index (χ3v) is 5.82. The van der Waals surface area contributed by atoms with Crippen molar-refractivity contribution >= 4 is 28.1 Å². The molecule has 0 saturated heterocycles. The first-order valence-electron chi connectivity index (χ1n) is 9.72. The molecule has 0 aliphatic heterocycles. The first-order valence-corrected chi connectivity index (χ1v) is 11.3. The maximum Gasteiger partial charge on any atom is 0.250 e. The Morgan fingerprint density at radius 1 is 1.13 bits per heavy atom. The number of aromatic amines is 1. The zero-order valence-corrected chi connectivity index (χ0v) is 18.2. The lowest BCUT2D eigenvalue weighted by Crippen LogP contribution is -2.11. The Balaban J connectivity index is 1.96. The molecule has 2 atom stereocenters. The lowest BCUT2D eigenvalue weighted by molar-refractivity contribution is 0.606. The molecule has 0 radical (unpaired) electrons. The number of anilines is 1. The number of pyridine rings is 1. The predicted molar refractivity (Wildman–Crippen MR) is 123 cm³/mol. The normalized spacial score (nSPS) is 13.4.